The van der Waals surface area contributed by atoms with Crippen LogP contribution in [-0.2, 0) is 11.2 Å². The molecule has 0 heterocycles. The molecule has 0 fully saturated rings. The Labute approximate surface area is 136 Å². The van der Waals surface area contributed by atoms with Crippen LogP contribution in [0, 0.1) is 0 Å². The third-order valence-electron chi connectivity index (χ3n) is 4.37. The van der Waals surface area contributed by atoms with E-state index in [1.54, 1.807) is 14.2 Å². The van der Waals surface area contributed by atoms with Crippen molar-refractivity contribution >= 4 is 12.4 Å². The highest BCUT2D eigenvalue weighted by Gasteiger charge is 2.23. The van der Waals surface area contributed by atoms with Crippen molar-refractivity contribution < 1.29 is 14.3 Å². The number of allylic oxidation sites excluding steroid dienone is 1. The van der Waals surface area contributed by atoms with Gasteiger partial charge in [-0.25, -0.2) is 0 Å². The van der Waals surface area contributed by atoms with Gasteiger partial charge in [0.1, 0.15) is 6.29 Å². The SMILES string of the molecule is COc1ccc(C=C2CCc3ccccc3C2C=O)cc1OC. The second kappa shape index (κ2) is 6.69. The normalized spacial score (nSPS) is 18.3. The van der Waals surface area contributed by atoms with Crippen LogP contribution >= 0.6 is 0 Å². The molecule has 0 spiro atoms. The van der Waals surface area contributed by atoms with E-state index in [-0.39, 0.29) is 5.92 Å². The van der Waals surface area contributed by atoms with E-state index in [2.05, 4.69) is 18.2 Å². The van der Waals surface area contributed by atoms with E-state index < -0.39 is 0 Å². The van der Waals surface area contributed by atoms with Crippen LogP contribution in [-0.4, -0.2) is 20.5 Å². The highest BCUT2D eigenvalue weighted by atomic mass is 16.5. The monoisotopic (exact) mass is 308 g/mol. The van der Waals surface area contributed by atoms with Crippen LogP contribution in [0.1, 0.15) is 29.0 Å². The minimum Gasteiger partial charge on any atom is -0.493 e. The summed E-state index contributed by atoms with van der Waals surface area (Å²) < 4.78 is 10.6. The molecule has 0 amide bonds. The molecule has 0 bridgehead atoms. The first kappa shape index (κ1) is 15.3. The third-order valence-corrected chi connectivity index (χ3v) is 4.37. The topological polar surface area (TPSA) is 35.5 Å². The average molecular weight is 308 g/mol. The average Bonchev–Trinajstić information content (AvgIpc) is 2.61. The fraction of sp³-hybridized carbons (Fsp3) is 0.250. The van der Waals surface area contributed by atoms with Crippen molar-refractivity contribution in [3.63, 3.8) is 0 Å². The van der Waals surface area contributed by atoms with Crippen LogP contribution in [0.5, 0.6) is 11.5 Å². The van der Waals surface area contributed by atoms with E-state index >= 15 is 0 Å². The first-order chi connectivity index (χ1) is 11.3. The van der Waals surface area contributed by atoms with Crippen LogP contribution in [0.4, 0.5) is 0 Å². The highest BCUT2D eigenvalue weighted by molar-refractivity contribution is 5.74. The second-order valence-electron chi connectivity index (χ2n) is 5.65. The maximum absolute atomic E-state index is 11.7. The third kappa shape index (κ3) is 3.00. The van der Waals surface area contributed by atoms with Gasteiger partial charge in [0, 0.05) is 0 Å². The van der Waals surface area contributed by atoms with Crippen LogP contribution < -0.4 is 9.47 Å². The molecule has 118 valence electrons. The molecule has 0 N–H and O–H groups in total. The van der Waals surface area contributed by atoms with Crippen LogP contribution in [0.3, 0.4) is 0 Å². The Morgan fingerprint density at radius 3 is 2.52 bits per heavy atom. The largest absolute Gasteiger partial charge is 0.493 e. The van der Waals surface area contributed by atoms with Gasteiger partial charge >= 0.3 is 0 Å². The lowest BCUT2D eigenvalue weighted by Crippen LogP contribution is -2.13. The summed E-state index contributed by atoms with van der Waals surface area (Å²) in [5.41, 5.74) is 4.56. The molecule has 2 aromatic rings. The lowest BCUT2D eigenvalue weighted by atomic mass is 9.79. The van der Waals surface area contributed by atoms with Crippen LogP contribution in [0.15, 0.2) is 48.0 Å². The molecule has 0 aliphatic heterocycles. The molecule has 1 aliphatic rings. The van der Waals surface area contributed by atoms with Crippen molar-refractivity contribution in [2.75, 3.05) is 14.2 Å². The van der Waals surface area contributed by atoms with Gasteiger partial charge in [-0.1, -0.05) is 42.0 Å². The molecule has 3 heteroatoms. The Kier molecular flexibility index (Phi) is 4.47. The Hall–Kier alpha value is -2.55. The number of rotatable bonds is 4. The summed E-state index contributed by atoms with van der Waals surface area (Å²) in [7, 11) is 3.25. The molecule has 3 nitrogen and oxygen atoms in total. The predicted molar refractivity (Wildman–Crippen MR) is 91.1 cm³/mol. The second-order valence-corrected chi connectivity index (χ2v) is 5.65. The number of benzene rings is 2. The molecule has 0 radical (unpaired) electrons. The van der Waals surface area contributed by atoms with Crippen molar-refractivity contribution in [3.8, 4) is 11.5 Å². The molecule has 0 aromatic heterocycles. The number of ether oxygens (including phenoxy) is 2. The zero-order valence-corrected chi connectivity index (χ0v) is 13.4. The molecule has 0 saturated heterocycles. The standard InChI is InChI=1S/C20H20O3/c1-22-19-10-7-14(12-20(19)23-2)11-16-9-8-15-5-3-4-6-17(15)18(16)13-21/h3-7,10-13,18H,8-9H2,1-2H3. The van der Waals surface area contributed by atoms with Gasteiger partial charge in [0.25, 0.3) is 0 Å². The number of carbonyl (C=O) groups excluding carboxylic acids is 1. The van der Waals surface area contributed by atoms with Gasteiger partial charge in [-0.05, 0) is 41.7 Å². The summed E-state index contributed by atoms with van der Waals surface area (Å²) in [6.07, 6.45) is 5.01. The maximum atomic E-state index is 11.7. The van der Waals surface area contributed by atoms with Gasteiger partial charge in [0.15, 0.2) is 11.5 Å². The fourth-order valence-electron chi connectivity index (χ4n) is 3.18. The molecule has 1 aliphatic carbocycles. The highest BCUT2D eigenvalue weighted by Crippen LogP contribution is 2.36. The summed E-state index contributed by atoms with van der Waals surface area (Å²) in [6, 6.07) is 14.0. The van der Waals surface area contributed by atoms with Gasteiger partial charge < -0.3 is 14.3 Å². The summed E-state index contributed by atoms with van der Waals surface area (Å²) in [5, 5.41) is 0. The van der Waals surface area contributed by atoms with E-state index in [4.69, 9.17) is 9.47 Å². The van der Waals surface area contributed by atoms with Gasteiger partial charge in [0.05, 0.1) is 20.1 Å². The van der Waals surface area contributed by atoms with Crippen molar-refractivity contribution in [1.82, 2.24) is 0 Å². The van der Waals surface area contributed by atoms with Gasteiger partial charge in [0.2, 0.25) is 0 Å². The first-order valence-electron chi connectivity index (χ1n) is 7.72. The Morgan fingerprint density at radius 2 is 1.78 bits per heavy atom. The maximum Gasteiger partial charge on any atom is 0.161 e. The van der Waals surface area contributed by atoms with E-state index in [0.717, 1.165) is 35.8 Å². The zero-order valence-electron chi connectivity index (χ0n) is 13.4. The van der Waals surface area contributed by atoms with Gasteiger partial charge in [-0.3, -0.25) is 0 Å². The van der Waals surface area contributed by atoms with Crippen molar-refractivity contribution in [2.24, 2.45) is 0 Å². The molecular formula is C20H20O3. The zero-order chi connectivity index (χ0) is 16.2. The number of methoxy groups -OCH3 is 2. The lowest BCUT2D eigenvalue weighted by Gasteiger charge is -2.24. The van der Waals surface area contributed by atoms with E-state index in [1.807, 2.05) is 30.3 Å². The van der Waals surface area contributed by atoms with E-state index in [9.17, 15) is 4.79 Å². The first-order valence-corrected chi connectivity index (χ1v) is 7.72. The Balaban J connectivity index is 1.98. The lowest BCUT2D eigenvalue weighted by molar-refractivity contribution is -0.108. The number of fused-ring (bicyclic) bond motifs is 1. The smallest absolute Gasteiger partial charge is 0.161 e. The van der Waals surface area contributed by atoms with Crippen LogP contribution in [0.2, 0.25) is 0 Å². The van der Waals surface area contributed by atoms with Crippen LogP contribution in [0.25, 0.3) is 6.08 Å². The molecule has 2 aromatic carbocycles. The summed E-state index contributed by atoms with van der Waals surface area (Å²) >= 11 is 0. The van der Waals surface area contributed by atoms with Gasteiger partial charge in [-0.15, -0.1) is 0 Å². The Morgan fingerprint density at radius 1 is 1.00 bits per heavy atom. The number of carbonyl (C=O) groups is 1. The number of aryl methyl sites for hydroxylation is 1. The number of hydrogen-bond acceptors (Lipinski definition) is 3. The summed E-state index contributed by atoms with van der Waals surface area (Å²) in [5.74, 6) is 1.24. The summed E-state index contributed by atoms with van der Waals surface area (Å²) in [4.78, 5) is 11.7. The quantitative estimate of drug-likeness (QED) is 0.800. The molecule has 0 saturated carbocycles. The van der Waals surface area contributed by atoms with Crippen molar-refractivity contribution in [3.05, 3.63) is 64.7 Å². The summed E-state index contributed by atoms with van der Waals surface area (Å²) in [6.45, 7) is 0. The molecular weight excluding hydrogens is 288 g/mol. The fourth-order valence-corrected chi connectivity index (χ4v) is 3.18. The molecule has 1 atom stereocenters. The molecule has 23 heavy (non-hydrogen) atoms. The Bertz CT molecular complexity index is 746. The van der Waals surface area contributed by atoms with E-state index in [1.165, 1.54) is 5.56 Å². The van der Waals surface area contributed by atoms with Crippen molar-refractivity contribution in [1.29, 1.82) is 0 Å². The minimum atomic E-state index is -0.159. The van der Waals surface area contributed by atoms with Gasteiger partial charge in [-0.2, -0.15) is 0 Å². The molecule has 1 unspecified atom stereocenters. The number of aldehydes is 1. The van der Waals surface area contributed by atoms with Crippen molar-refractivity contribution in [2.45, 2.75) is 18.8 Å². The molecule has 3 rings (SSSR count). The number of hydrogen-bond donors (Lipinski definition) is 0. The predicted octanol–water partition coefficient (Wildman–Crippen LogP) is 4.02. The minimum absolute atomic E-state index is 0.159. The van der Waals surface area contributed by atoms with E-state index in [0.29, 0.717) is 11.5 Å².